The Morgan fingerprint density at radius 2 is 1.74 bits per heavy atom. The van der Waals surface area contributed by atoms with Gasteiger partial charge in [0.2, 0.25) is 11.7 Å². The third-order valence-corrected chi connectivity index (χ3v) is 5.12. The van der Waals surface area contributed by atoms with Crippen LogP contribution < -0.4 is 10.6 Å². The third-order valence-electron chi connectivity index (χ3n) is 5.12. The number of rotatable bonds is 9. The number of aliphatic hydroxyl groups excluding tert-OH is 1. The number of carbonyl (C=O) groups excluding carboxylic acids is 2. The first-order chi connectivity index (χ1) is 17.0. The summed E-state index contributed by atoms with van der Waals surface area (Å²) in [6.45, 7) is 1.13. The van der Waals surface area contributed by atoms with Crippen molar-refractivity contribution in [1.82, 2.24) is 25.9 Å². The first-order valence-corrected chi connectivity index (χ1v) is 10.8. The van der Waals surface area contributed by atoms with Crippen LogP contribution in [0.4, 0.5) is 4.39 Å². The number of nitrogens with zero attached hydrogens (tertiary/aromatic N) is 3. The fraction of sp³-hybridized carbons (Fsp3) is 0.208. The molecule has 0 bridgehead atoms. The molecule has 0 aliphatic heterocycles. The number of likely N-dealkylation sites (N-methyl/N-ethyl adjacent to an activating group) is 1. The van der Waals surface area contributed by atoms with Crippen molar-refractivity contribution in [2.24, 2.45) is 0 Å². The molecule has 0 radical (unpaired) electrons. The van der Waals surface area contributed by atoms with E-state index in [9.17, 15) is 19.1 Å². The van der Waals surface area contributed by atoms with Gasteiger partial charge >= 0.3 is 0 Å². The predicted molar refractivity (Wildman–Crippen MR) is 122 cm³/mol. The lowest BCUT2D eigenvalue weighted by molar-refractivity contribution is -0.132. The molecule has 180 valence electrons. The van der Waals surface area contributed by atoms with Crippen molar-refractivity contribution in [3.05, 3.63) is 65.7 Å². The maximum atomic E-state index is 13.8. The summed E-state index contributed by atoms with van der Waals surface area (Å²) in [6.07, 6.45) is -1.46. The van der Waals surface area contributed by atoms with Crippen LogP contribution >= 0.6 is 0 Å². The molecule has 2 aromatic heterocycles. The summed E-state index contributed by atoms with van der Waals surface area (Å²) >= 11 is 0. The number of amides is 2. The molecule has 2 amide bonds. The number of aliphatic hydroxyl groups is 1. The molecule has 0 aliphatic rings. The van der Waals surface area contributed by atoms with Crippen LogP contribution in [-0.4, -0.2) is 45.3 Å². The molecule has 11 heteroatoms. The molecule has 1 unspecified atom stereocenters. The van der Waals surface area contributed by atoms with Crippen LogP contribution in [0.5, 0.6) is 0 Å². The van der Waals surface area contributed by atoms with Crippen molar-refractivity contribution in [3.8, 4) is 34.3 Å². The molecule has 3 N–H and O–H groups in total. The second kappa shape index (κ2) is 10.7. The van der Waals surface area contributed by atoms with Crippen molar-refractivity contribution in [2.45, 2.75) is 19.7 Å². The highest BCUT2D eigenvalue weighted by Crippen LogP contribution is 2.33. The van der Waals surface area contributed by atoms with Gasteiger partial charge in [0.05, 0.1) is 12.1 Å². The summed E-state index contributed by atoms with van der Waals surface area (Å²) < 4.78 is 24.5. The van der Waals surface area contributed by atoms with E-state index in [1.807, 2.05) is 6.07 Å². The lowest BCUT2D eigenvalue weighted by atomic mass is 10.1. The van der Waals surface area contributed by atoms with Crippen LogP contribution in [-0.2, 0) is 16.3 Å². The van der Waals surface area contributed by atoms with Gasteiger partial charge in [0.1, 0.15) is 6.67 Å². The summed E-state index contributed by atoms with van der Waals surface area (Å²) in [5, 5.41) is 23.0. The Kier molecular flexibility index (Phi) is 7.27. The second-order valence-corrected chi connectivity index (χ2v) is 7.46. The molecule has 0 spiro atoms. The normalized spacial score (nSPS) is 11.7. The van der Waals surface area contributed by atoms with Crippen LogP contribution in [0.1, 0.15) is 24.2 Å². The number of carbonyl (C=O) groups is 2. The molecule has 0 saturated carbocycles. The zero-order chi connectivity index (χ0) is 24.8. The fourth-order valence-corrected chi connectivity index (χ4v) is 3.34. The van der Waals surface area contributed by atoms with Crippen molar-refractivity contribution >= 4 is 11.8 Å². The Morgan fingerprint density at radius 1 is 1.00 bits per heavy atom. The molecule has 35 heavy (non-hydrogen) atoms. The SMILES string of the molecule is CCNC(=O)CNC(=O)C(O)c1ccc(-c2noc(-c3noc(-c4ccccc4)c3CF)n2)cc1. The maximum Gasteiger partial charge on any atom is 0.280 e. The minimum absolute atomic E-state index is 0.00701. The van der Waals surface area contributed by atoms with Crippen molar-refractivity contribution < 1.29 is 28.1 Å². The van der Waals surface area contributed by atoms with Gasteiger partial charge in [-0.05, 0) is 12.5 Å². The van der Waals surface area contributed by atoms with Crippen LogP contribution in [0.15, 0.2) is 63.6 Å². The fourth-order valence-electron chi connectivity index (χ4n) is 3.34. The Morgan fingerprint density at radius 3 is 2.43 bits per heavy atom. The highest BCUT2D eigenvalue weighted by molar-refractivity contribution is 5.87. The number of halogens is 1. The van der Waals surface area contributed by atoms with E-state index in [0.717, 1.165) is 0 Å². The highest BCUT2D eigenvalue weighted by atomic mass is 19.1. The average molecular weight is 479 g/mol. The molecule has 10 nitrogen and oxygen atoms in total. The maximum absolute atomic E-state index is 13.8. The van der Waals surface area contributed by atoms with Gasteiger partial charge in [-0.3, -0.25) is 9.59 Å². The van der Waals surface area contributed by atoms with Gasteiger partial charge in [-0.25, -0.2) is 4.39 Å². The molecule has 0 fully saturated rings. The molecule has 0 aliphatic carbocycles. The third kappa shape index (κ3) is 5.25. The number of aromatic nitrogens is 3. The van der Waals surface area contributed by atoms with Crippen molar-refractivity contribution in [2.75, 3.05) is 13.1 Å². The quantitative estimate of drug-likeness (QED) is 0.333. The Hall–Kier alpha value is -4.38. The van der Waals surface area contributed by atoms with Gasteiger partial charge in [0.15, 0.2) is 17.6 Å². The summed E-state index contributed by atoms with van der Waals surface area (Å²) in [7, 11) is 0. The molecule has 4 rings (SSSR count). The molecule has 2 aromatic carbocycles. The lowest BCUT2D eigenvalue weighted by Crippen LogP contribution is -2.38. The van der Waals surface area contributed by atoms with E-state index in [-0.39, 0.29) is 41.2 Å². The van der Waals surface area contributed by atoms with E-state index in [1.165, 1.54) is 12.1 Å². The van der Waals surface area contributed by atoms with E-state index in [4.69, 9.17) is 9.05 Å². The Bertz CT molecular complexity index is 1300. The van der Waals surface area contributed by atoms with Crippen LogP contribution in [0.3, 0.4) is 0 Å². The standard InChI is InChI=1S/C24H22FN5O5/c1-2-26-18(31)13-27-23(33)20(32)14-8-10-16(11-9-14)22-28-24(35-30-22)19-17(12-25)21(34-29-19)15-6-4-3-5-7-15/h3-11,20,32H,2,12-13H2,1H3,(H,26,31)(H,27,33). The van der Waals surface area contributed by atoms with Gasteiger partial charge in [-0.2, -0.15) is 4.98 Å². The molecular formula is C24H22FN5O5. The Labute approximate surface area is 199 Å². The van der Waals surface area contributed by atoms with Gasteiger partial charge in [0, 0.05) is 17.7 Å². The summed E-state index contributed by atoms with van der Waals surface area (Å²) in [4.78, 5) is 27.9. The van der Waals surface area contributed by atoms with Crippen molar-refractivity contribution in [1.29, 1.82) is 0 Å². The van der Waals surface area contributed by atoms with E-state index in [1.54, 1.807) is 43.3 Å². The lowest BCUT2D eigenvalue weighted by Gasteiger charge is -2.11. The van der Waals surface area contributed by atoms with Crippen LogP contribution in [0, 0.1) is 0 Å². The zero-order valence-electron chi connectivity index (χ0n) is 18.7. The zero-order valence-corrected chi connectivity index (χ0v) is 18.7. The summed E-state index contributed by atoms with van der Waals surface area (Å²) in [5.74, 6) is -0.574. The van der Waals surface area contributed by atoms with E-state index < -0.39 is 18.7 Å². The second-order valence-electron chi connectivity index (χ2n) is 7.46. The van der Waals surface area contributed by atoms with Gasteiger partial charge < -0.3 is 24.8 Å². The van der Waals surface area contributed by atoms with E-state index >= 15 is 0 Å². The minimum Gasteiger partial charge on any atom is -0.378 e. The summed E-state index contributed by atoms with van der Waals surface area (Å²) in [6, 6.07) is 15.2. The van der Waals surface area contributed by atoms with Crippen molar-refractivity contribution in [3.63, 3.8) is 0 Å². The van der Waals surface area contributed by atoms with Gasteiger partial charge in [-0.15, -0.1) is 0 Å². The number of hydrogen-bond donors (Lipinski definition) is 3. The van der Waals surface area contributed by atoms with E-state index in [0.29, 0.717) is 23.2 Å². The molecule has 0 saturated heterocycles. The number of alkyl halides is 1. The largest absolute Gasteiger partial charge is 0.378 e. The van der Waals surface area contributed by atoms with Gasteiger partial charge in [0.25, 0.3) is 11.8 Å². The topological polar surface area (TPSA) is 143 Å². The molecule has 4 aromatic rings. The van der Waals surface area contributed by atoms with Crippen LogP contribution in [0.2, 0.25) is 0 Å². The predicted octanol–water partition coefficient (Wildman–Crippen LogP) is 2.81. The van der Waals surface area contributed by atoms with Crippen LogP contribution in [0.25, 0.3) is 34.3 Å². The number of hydrogen-bond acceptors (Lipinski definition) is 8. The smallest absolute Gasteiger partial charge is 0.280 e. The number of nitrogens with one attached hydrogen (secondary N) is 2. The Balaban J connectivity index is 1.48. The molecular weight excluding hydrogens is 457 g/mol. The first-order valence-electron chi connectivity index (χ1n) is 10.8. The van der Waals surface area contributed by atoms with Gasteiger partial charge in [-0.1, -0.05) is 64.9 Å². The number of benzene rings is 2. The molecule has 2 heterocycles. The van der Waals surface area contributed by atoms with E-state index in [2.05, 4.69) is 25.9 Å². The monoisotopic (exact) mass is 479 g/mol. The molecule has 1 atom stereocenters. The summed E-state index contributed by atoms with van der Waals surface area (Å²) in [5.41, 5.74) is 1.83. The first kappa shape index (κ1) is 23.8. The minimum atomic E-state index is -1.46. The highest BCUT2D eigenvalue weighted by Gasteiger charge is 2.24. The average Bonchev–Trinajstić information content (AvgIpc) is 3.55.